The van der Waals surface area contributed by atoms with Gasteiger partial charge in [-0.15, -0.1) is 6.58 Å². The van der Waals surface area contributed by atoms with E-state index in [2.05, 4.69) is 32.6 Å². The summed E-state index contributed by atoms with van der Waals surface area (Å²) in [4.78, 5) is 12.5. The predicted octanol–water partition coefficient (Wildman–Crippen LogP) is 6.07. The number of esters is 1. The Kier molecular flexibility index (Phi) is 5.53. The smallest absolute Gasteiger partial charge is 0.311 e. The van der Waals surface area contributed by atoms with Crippen molar-refractivity contribution >= 4 is 5.97 Å². The summed E-state index contributed by atoms with van der Waals surface area (Å²) in [6.45, 7) is 14.7. The molecule has 4 unspecified atom stereocenters. The lowest BCUT2D eigenvalue weighted by Gasteiger charge is -2.60. The first kappa shape index (κ1) is 22.1. The van der Waals surface area contributed by atoms with Crippen molar-refractivity contribution in [3.63, 3.8) is 0 Å². The Morgan fingerprint density at radius 1 is 1.20 bits per heavy atom. The van der Waals surface area contributed by atoms with E-state index in [9.17, 15) is 9.90 Å². The quantitative estimate of drug-likeness (QED) is 0.450. The molecule has 0 aromatic rings. The number of allylic oxidation sites excluding steroid dienone is 2. The molecule has 4 aliphatic rings. The fourth-order valence-corrected chi connectivity index (χ4v) is 7.67. The molecule has 4 rings (SSSR count). The van der Waals surface area contributed by atoms with Gasteiger partial charge in [0.05, 0.1) is 11.5 Å². The van der Waals surface area contributed by atoms with Crippen molar-refractivity contribution in [1.29, 1.82) is 0 Å². The van der Waals surface area contributed by atoms with Crippen LogP contribution >= 0.6 is 0 Å². The lowest BCUT2D eigenvalue weighted by atomic mass is 9.44. The second-order valence-electron chi connectivity index (χ2n) is 12.3. The third-order valence-electron chi connectivity index (χ3n) is 9.54. The van der Waals surface area contributed by atoms with E-state index < -0.39 is 5.41 Å². The summed E-state index contributed by atoms with van der Waals surface area (Å²) in [6, 6.07) is 0. The summed E-state index contributed by atoms with van der Waals surface area (Å²) in [5, 5.41) is 10.8. The van der Waals surface area contributed by atoms with Crippen LogP contribution in [0.3, 0.4) is 0 Å². The van der Waals surface area contributed by atoms with E-state index in [-0.39, 0.29) is 29.0 Å². The van der Waals surface area contributed by atoms with Crippen LogP contribution in [0.15, 0.2) is 24.3 Å². The highest BCUT2D eigenvalue weighted by Gasteiger charge is 2.61. The maximum Gasteiger partial charge on any atom is 0.311 e. The molecule has 0 spiro atoms. The van der Waals surface area contributed by atoms with Crippen LogP contribution in [0.4, 0.5) is 0 Å². The van der Waals surface area contributed by atoms with Gasteiger partial charge in [0.25, 0.3) is 0 Å². The zero-order chi connectivity index (χ0) is 21.9. The van der Waals surface area contributed by atoms with Gasteiger partial charge in [0, 0.05) is 0 Å². The van der Waals surface area contributed by atoms with Crippen LogP contribution in [0.25, 0.3) is 0 Å². The molecule has 3 nitrogen and oxygen atoms in total. The highest BCUT2D eigenvalue weighted by Crippen LogP contribution is 2.67. The zero-order valence-electron chi connectivity index (χ0n) is 19.7. The van der Waals surface area contributed by atoms with Crippen LogP contribution in [0.5, 0.6) is 0 Å². The molecule has 0 bridgehead atoms. The Hall–Kier alpha value is -1.09. The van der Waals surface area contributed by atoms with Crippen molar-refractivity contribution in [2.45, 2.75) is 98.2 Å². The highest BCUT2D eigenvalue weighted by molar-refractivity contribution is 5.75. The molecule has 0 saturated heterocycles. The van der Waals surface area contributed by atoms with Crippen LogP contribution < -0.4 is 0 Å². The molecule has 3 saturated carbocycles. The minimum Gasteiger partial charge on any atom is -0.458 e. The normalized spacial score (nSPS) is 45.6. The molecule has 1 N–H and O–H groups in total. The van der Waals surface area contributed by atoms with E-state index in [1.165, 1.54) is 18.4 Å². The Labute approximate surface area is 183 Å². The molecule has 30 heavy (non-hydrogen) atoms. The lowest BCUT2D eigenvalue weighted by Crippen LogP contribution is -2.54. The number of fused-ring (bicyclic) bond motifs is 5. The molecular weight excluding hydrogens is 372 g/mol. The van der Waals surface area contributed by atoms with Gasteiger partial charge in [-0.1, -0.05) is 25.5 Å². The fraction of sp³-hybridized carbons (Fsp3) is 0.815. The Bertz CT molecular complexity index is 731. The number of rotatable bonds is 3. The molecule has 0 radical (unpaired) electrons. The number of carbonyl (C=O) groups is 1. The number of hydrogen-bond acceptors (Lipinski definition) is 3. The van der Waals surface area contributed by atoms with Gasteiger partial charge in [-0.05, 0) is 113 Å². The van der Waals surface area contributed by atoms with Crippen LogP contribution in [0, 0.1) is 39.9 Å². The maximum atomic E-state index is 12.5. The fourth-order valence-electron chi connectivity index (χ4n) is 7.67. The zero-order valence-corrected chi connectivity index (χ0v) is 19.7. The number of ether oxygens (including phenoxy) is 1. The molecule has 0 aliphatic heterocycles. The molecule has 0 aromatic heterocycles. The molecule has 4 aliphatic carbocycles. The largest absolute Gasteiger partial charge is 0.458 e. The van der Waals surface area contributed by atoms with Crippen LogP contribution in [0.1, 0.15) is 86.0 Å². The van der Waals surface area contributed by atoms with Crippen molar-refractivity contribution in [1.82, 2.24) is 0 Å². The SMILES string of the molecule is C=CCC1CC2=C[C@@H](OC(=O)C(C)(C)C)CC[C@]2(C)C2CC[C@@]3(C)C(CC[C@@H]3O)C12. The van der Waals surface area contributed by atoms with Crippen LogP contribution in [-0.2, 0) is 9.53 Å². The van der Waals surface area contributed by atoms with Crippen molar-refractivity contribution in [2.24, 2.45) is 39.9 Å². The van der Waals surface area contributed by atoms with E-state index in [1.807, 2.05) is 20.8 Å². The van der Waals surface area contributed by atoms with Gasteiger partial charge in [-0.25, -0.2) is 0 Å². The Morgan fingerprint density at radius 3 is 2.60 bits per heavy atom. The third-order valence-corrected chi connectivity index (χ3v) is 9.54. The minimum atomic E-state index is -0.459. The maximum absolute atomic E-state index is 12.5. The molecule has 168 valence electrons. The number of aliphatic hydroxyl groups is 1. The van der Waals surface area contributed by atoms with E-state index in [1.54, 1.807) is 0 Å². The number of aliphatic hydroxyl groups excluding tert-OH is 1. The first-order chi connectivity index (χ1) is 14.0. The van der Waals surface area contributed by atoms with Gasteiger partial charge in [0.15, 0.2) is 0 Å². The minimum absolute atomic E-state index is 0.0807. The molecule has 3 heteroatoms. The summed E-state index contributed by atoms with van der Waals surface area (Å²) < 4.78 is 5.91. The summed E-state index contributed by atoms with van der Waals surface area (Å²) in [6.07, 6.45) is 12.9. The summed E-state index contributed by atoms with van der Waals surface area (Å²) in [5.41, 5.74) is 1.37. The molecular formula is C27H42O3. The van der Waals surface area contributed by atoms with Crippen LogP contribution in [0.2, 0.25) is 0 Å². The van der Waals surface area contributed by atoms with Gasteiger partial charge in [-0.3, -0.25) is 4.79 Å². The first-order valence-electron chi connectivity index (χ1n) is 12.2. The standard InChI is InChI=1S/C27H42O3/c1-7-8-17-15-18-16-19(30-24(29)25(2,3)4)11-13-26(18,5)21-12-14-27(6)20(23(17)21)9-10-22(27)28/h7,16-17,19-23,28H,1,8-15H2,2-6H3/t17?,19-,20?,21?,22-,23?,26-,27-/m0/s1. The highest BCUT2D eigenvalue weighted by atomic mass is 16.5. The third kappa shape index (κ3) is 3.40. The second-order valence-corrected chi connectivity index (χ2v) is 12.3. The number of hydrogen-bond donors (Lipinski definition) is 1. The van der Waals surface area contributed by atoms with Crippen molar-refractivity contribution in [3.8, 4) is 0 Å². The molecule has 0 aromatic carbocycles. The molecule has 3 fully saturated rings. The van der Waals surface area contributed by atoms with E-state index in [4.69, 9.17) is 4.74 Å². The van der Waals surface area contributed by atoms with Gasteiger partial charge in [-0.2, -0.15) is 0 Å². The molecule has 0 amide bonds. The van der Waals surface area contributed by atoms with Gasteiger partial charge < -0.3 is 9.84 Å². The summed E-state index contributed by atoms with van der Waals surface area (Å²) in [5.74, 6) is 2.47. The average Bonchev–Trinajstić information content (AvgIpc) is 2.97. The van der Waals surface area contributed by atoms with Crippen molar-refractivity contribution in [3.05, 3.63) is 24.3 Å². The van der Waals surface area contributed by atoms with Crippen molar-refractivity contribution in [2.75, 3.05) is 0 Å². The molecule has 0 heterocycles. The topological polar surface area (TPSA) is 46.5 Å². The second kappa shape index (κ2) is 7.50. The van der Waals surface area contributed by atoms with Crippen molar-refractivity contribution < 1.29 is 14.6 Å². The van der Waals surface area contributed by atoms with E-state index >= 15 is 0 Å². The lowest BCUT2D eigenvalue weighted by molar-refractivity contribution is -0.158. The Balaban J connectivity index is 1.64. The summed E-state index contributed by atoms with van der Waals surface area (Å²) in [7, 11) is 0. The van der Waals surface area contributed by atoms with Gasteiger partial charge >= 0.3 is 5.97 Å². The first-order valence-corrected chi connectivity index (χ1v) is 12.2. The van der Waals surface area contributed by atoms with Gasteiger partial charge in [0.1, 0.15) is 6.10 Å². The van der Waals surface area contributed by atoms with Gasteiger partial charge in [0.2, 0.25) is 0 Å². The summed E-state index contributed by atoms with van der Waals surface area (Å²) >= 11 is 0. The number of carbonyl (C=O) groups excluding carboxylic acids is 1. The predicted molar refractivity (Wildman–Crippen MR) is 121 cm³/mol. The Morgan fingerprint density at radius 2 is 1.93 bits per heavy atom. The van der Waals surface area contributed by atoms with E-state index in [0.717, 1.165) is 38.5 Å². The molecule has 8 atom stereocenters. The monoisotopic (exact) mass is 414 g/mol. The average molecular weight is 415 g/mol. The van der Waals surface area contributed by atoms with E-state index in [0.29, 0.717) is 23.7 Å². The van der Waals surface area contributed by atoms with Crippen LogP contribution in [-0.4, -0.2) is 23.3 Å².